The van der Waals surface area contributed by atoms with Crippen molar-refractivity contribution in [1.82, 2.24) is 5.43 Å². The first-order valence-corrected chi connectivity index (χ1v) is 8.70. The zero-order valence-electron chi connectivity index (χ0n) is 13.3. The molecule has 1 heterocycles. The van der Waals surface area contributed by atoms with E-state index >= 15 is 0 Å². The summed E-state index contributed by atoms with van der Waals surface area (Å²) in [7, 11) is 0. The molecule has 26 heavy (non-hydrogen) atoms. The number of nitrogens with zero attached hydrogens (tertiary/aromatic N) is 1. The standard InChI is InChI=1S/C18H13ClN2O4S/c19-16-12-6-2-4-8-14(12)26-17(16)18(24)21-20-9-11-5-1-3-7-13(11)25-10-15(22)23/h1-9H,10H2,(H,21,24)(H,22,23)/b20-9-. The van der Waals surface area contributed by atoms with Gasteiger partial charge in [0.25, 0.3) is 5.91 Å². The Hall–Kier alpha value is -2.90. The van der Waals surface area contributed by atoms with E-state index in [1.54, 1.807) is 24.3 Å². The summed E-state index contributed by atoms with van der Waals surface area (Å²) in [5, 5.41) is 13.8. The number of benzene rings is 2. The predicted molar refractivity (Wildman–Crippen MR) is 101 cm³/mol. The van der Waals surface area contributed by atoms with E-state index in [1.165, 1.54) is 17.6 Å². The van der Waals surface area contributed by atoms with Gasteiger partial charge in [0.05, 0.1) is 11.2 Å². The summed E-state index contributed by atoms with van der Waals surface area (Å²) in [6, 6.07) is 14.3. The molecule has 3 rings (SSSR count). The van der Waals surface area contributed by atoms with Crippen LogP contribution in [0.25, 0.3) is 10.1 Å². The number of halogens is 1. The number of ether oxygens (including phenoxy) is 1. The number of carboxylic acids is 1. The van der Waals surface area contributed by atoms with E-state index in [4.69, 9.17) is 21.4 Å². The Morgan fingerprint density at radius 2 is 1.92 bits per heavy atom. The number of nitrogens with one attached hydrogen (secondary N) is 1. The molecule has 0 aliphatic carbocycles. The second-order valence-electron chi connectivity index (χ2n) is 5.16. The van der Waals surface area contributed by atoms with Gasteiger partial charge in [-0.2, -0.15) is 5.10 Å². The molecule has 6 nitrogen and oxygen atoms in total. The molecule has 0 saturated heterocycles. The van der Waals surface area contributed by atoms with Gasteiger partial charge in [-0.15, -0.1) is 11.3 Å². The Morgan fingerprint density at radius 1 is 1.19 bits per heavy atom. The summed E-state index contributed by atoms with van der Waals surface area (Å²) in [4.78, 5) is 23.3. The first kappa shape index (κ1) is 17.9. The van der Waals surface area contributed by atoms with Crippen molar-refractivity contribution in [2.75, 3.05) is 6.61 Å². The van der Waals surface area contributed by atoms with E-state index in [9.17, 15) is 9.59 Å². The van der Waals surface area contributed by atoms with Gasteiger partial charge in [-0.05, 0) is 18.2 Å². The molecule has 2 N–H and O–H groups in total. The van der Waals surface area contributed by atoms with Crippen LogP contribution in [0, 0.1) is 0 Å². The van der Waals surface area contributed by atoms with Gasteiger partial charge in [0.2, 0.25) is 0 Å². The molecule has 1 amide bonds. The minimum atomic E-state index is -1.08. The fourth-order valence-corrected chi connectivity index (χ4v) is 3.64. The molecule has 0 spiro atoms. The number of hydrogen-bond acceptors (Lipinski definition) is 5. The van der Waals surface area contributed by atoms with E-state index in [1.807, 2.05) is 24.3 Å². The monoisotopic (exact) mass is 388 g/mol. The zero-order chi connectivity index (χ0) is 18.5. The Kier molecular flexibility index (Phi) is 5.50. The van der Waals surface area contributed by atoms with Crippen molar-refractivity contribution in [3.63, 3.8) is 0 Å². The van der Waals surface area contributed by atoms with Crippen molar-refractivity contribution in [2.24, 2.45) is 5.10 Å². The molecule has 0 unspecified atom stereocenters. The van der Waals surface area contributed by atoms with Crippen LogP contribution in [0.1, 0.15) is 15.2 Å². The number of hydrazone groups is 1. The second-order valence-corrected chi connectivity index (χ2v) is 6.59. The van der Waals surface area contributed by atoms with Gasteiger partial charge in [0.1, 0.15) is 10.6 Å². The average molecular weight is 389 g/mol. The van der Waals surface area contributed by atoms with E-state index < -0.39 is 18.5 Å². The van der Waals surface area contributed by atoms with Crippen molar-refractivity contribution >= 4 is 51.1 Å². The van der Waals surface area contributed by atoms with Crippen molar-refractivity contribution in [3.8, 4) is 5.75 Å². The molecule has 8 heteroatoms. The quantitative estimate of drug-likeness (QED) is 0.497. The van der Waals surface area contributed by atoms with Crippen LogP contribution in [0.2, 0.25) is 5.02 Å². The summed E-state index contributed by atoms with van der Waals surface area (Å²) in [6.45, 7) is -0.464. The summed E-state index contributed by atoms with van der Waals surface area (Å²) < 4.78 is 6.09. The van der Waals surface area contributed by atoms with Gasteiger partial charge in [-0.3, -0.25) is 4.79 Å². The average Bonchev–Trinajstić information content (AvgIpc) is 2.98. The Morgan fingerprint density at radius 3 is 2.69 bits per heavy atom. The van der Waals surface area contributed by atoms with Crippen LogP contribution in [-0.4, -0.2) is 29.8 Å². The lowest BCUT2D eigenvalue weighted by atomic mass is 10.2. The number of amides is 1. The molecule has 0 saturated carbocycles. The zero-order valence-corrected chi connectivity index (χ0v) is 14.9. The molecular weight excluding hydrogens is 376 g/mol. The normalized spacial score (nSPS) is 11.0. The minimum Gasteiger partial charge on any atom is -0.481 e. The molecular formula is C18H13ClN2O4S. The third-order valence-electron chi connectivity index (χ3n) is 3.38. The lowest BCUT2D eigenvalue weighted by Crippen LogP contribution is -2.16. The maximum absolute atomic E-state index is 12.3. The van der Waals surface area contributed by atoms with Gasteiger partial charge in [0.15, 0.2) is 6.61 Å². The lowest BCUT2D eigenvalue weighted by Gasteiger charge is -2.06. The van der Waals surface area contributed by atoms with Crippen LogP contribution in [0.3, 0.4) is 0 Å². The number of hydrogen-bond donors (Lipinski definition) is 2. The molecule has 2 aromatic carbocycles. The first-order valence-electron chi connectivity index (χ1n) is 7.50. The van der Waals surface area contributed by atoms with E-state index in [-0.39, 0.29) is 0 Å². The summed E-state index contributed by atoms with van der Waals surface area (Å²) >= 11 is 7.55. The molecule has 3 aromatic rings. The number of carbonyl (C=O) groups excluding carboxylic acids is 1. The molecule has 132 valence electrons. The van der Waals surface area contributed by atoms with E-state index in [2.05, 4.69) is 10.5 Å². The van der Waals surface area contributed by atoms with Crippen LogP contribution in [0.4, 0.5) is 0 Å². The fraction of sp³-hybridized carbons (Fsp3) is 0.0556. The van der Waals surface area contributed by atoms with Crippen molar-refractivity contribution < 1.29 is 19.4 Å². The highest BCUT2D eigenvalue weighted by molar-refractivity contribution is 7.21. The van der Waals surface area contributed by atoms with Crippen LogP contribution in [-0.2, 0) is 4.79 Å². The van der Waals surface area contributed by atoms with Gasteiger partial charge >= 0.3 is 5.97 Å². The van der Waals surface area contributed by atoms with Gasteiger partial charge < -0.3 is 9.84 Å². The topological polar surface area (TPSA) is 88.0 Å². The Labute approximate surface area is 157 Å². The molecule has 0 aliphatic heterocycles. The molecule has 0 radical (unpaired) electrons. The fourth-order valence-electron chi connectivity index (χ4n) is 2.23. The third kappa shape index (κ3) is 4.01. The highest BCUT2D eigenvalue weighted by Gasteiger charge is 2.16. The minimum absolute atomic E-state index is 0.354. The van der Waals surface area contributed by atoms with E-state index in [0.29, 0.717) is 21.2 Å². The number of thiophene rings is 1. The molecule has 0 aliphatic rings. The SMILES string of the molecule is O=C(O)COc1ccccc1/C=N\NC(=O)c1sc2ccccc2c1Cl. The number of aliphatic carboxylic acids is 1. The molecule has 0 fully saturated rings. The molecule has 1 aromatic heterocycles. The Balaban J connectivity index is 1.73. The van der Waals surface area contributed by atoms with Crippen LogP contribution >= 0.6 is 22.9 Å². The lowest BCUT2D eigenvalue weighted by molar-refractivity contribution is -0.139. The maximum atomic E-state index is 12.3. The number of carbonyl (C=O) groups is 2. The summed E-state index contributed by atoms with van der Waals surface area (Å²) in [5.41, 5.74) is 2.96. The second kappa shape index (κ2) is 7.99. The van der Waals surface area contributed by atoms with Crippen molar-refractivity contribution in [3.05, 3.63) is 64.0 Å². The summed E-state index contributed by atoms with van der Waals surface area (Å²) in [6.07, 6.45) is 1.39. The number of para-hydroxylation sites is 1. The highest BCUT2D eigenvalue weighted by Crippen LogP contribution is 2.34. The maximum Gasteiger partial charge on any atom is 0.341 e. The highest BCUT2D eigenvalue weighted by atomic mass is 35.5. The van der Waals surface area contributed by atoms with Crippen molar-refractivity contribution in [1.29, 1.82) is 0 Å². The smallest absolute Gasteiger partial charge is 0.341 e. The third-order valence-corrected chi connectivity index (χ3v) is 5.06. The first-order chi connectivity index (χ1) is 12.6. The van der Waals surface area contributed by atoms with Gasteiger partial charge in [-0.25, -0.2) is 10.2 Å². The number of fused-ring (bicyclic) bond motifs is 1. The largest absolute Gasteiger partial charge is 0.481 e. The van der Waals surface area contributed by atoms with Crippen LogP contribution < -0.4 is 10.2 Å². The van der Waals surface area contributed by atoms with Gasteiger partial charge in [0, 0.05) is 15.6 Å². The molecule has 0 bridgehead atoms. The number of carboxylic acid groups (broad SMARTS) is 1. The van der Waals surface area contributed by atoms with Crippen LogP contribution in [0.15, 0.2) is 53.6 Å². The van der Waals surface area contributed by atoms with Crippen molar-refractivity contribution in [2.45, 2.75) is 0 Å². The summed E-state index contributed by atoms with van der Waals surface area (Å²) in [5.74, 6) is -1.14. The molecule has 0 atom stereocenters. The van der Waals surface area contributed by atoms with E-state index in [0.717, 1.165) is 10.1 Å². The van der Waals surface area contributed by atoms with Gasteiger partial charge in [-0.1, -0.05) is 41.9 Å². The number of rotatable bonds is 6. The predicted octanol–water partition coefficient (Wildman–Crippen LogP) is 3.78. The van der Waals surface area contributed by atoms with Crippen LogP contribution in [0.5, 0.6) is 5.75 Å². The Bertz CT molecular complexity index is 1000.